The summed E-state index contributed by atoms with van der Waals surface area (Å²) in [5.41, 5.74) is 6.05. The summed E-state index contributed by atoms with van der Waals surface area (Å²) in [6, 6.07) is 26.3. The van der Waals surface area contributed by atoms with Gasteiger partial charge < -0.3 is 9.47 Å². The molecule has 0 unspecified atom stereocenters. The summed E-state index contributed by atoms with van der Waals surface area (Å²) in [6.45, 7) is 12.3. The van der Waals surface area contributed by atoms with E-state index >= 15 is 0 Å². The quantitative estimate of drug-likeness (QED) is 0.440. The van der Waals surface area contributed by atoms with Crippen LogP contribution in [0.4, 0.5) is 17.1 Å². The lowest BCUT2D eigenvalue weighted by atomic mass is 10.2. The second kappa shape index (κ2) is 8.70. The van der Waals surface area contributed by atoms with Crippen molar-refractivity contribution in [3.05, 3.63) is 78.9 Å². The third-order valence-electron chi connectivity index (χ3n) is 4.05. The minimum Gasteiger partial charge on any atom is -0.488 e. The average Bonchev–Trinajstić information content (AvgIpc) is 2.66. The molecule has 0 fully saturated rings. The first-order valence-corrected chi connectivity index (χ1v) is 10.3. The number of nitrogens with one attached hydrogen (secondary N) is 1. The van der Waals surface area contributed by atoms with Gasteiger partial charge in [0.25, 0.3) is 0 Å². The van der Waals surface area contributed by atoms with Crippen molar-refractivity contribution in [2.75, 3.05) is 10.4 Å². The lowest BCUT2D eigenvalue weighted by molar-refractivity contribution is 0.130. The van der Waals surface area contributed by atoms with Crippen molar-refractivity contribution in [2.24, 2.45) is 0 Å². The highest BCUT2D eigenvalue weighted by Crippen LogP contribution is 2.31. The van der Waals surface area contributed by atoms with Crippen LogP contribution < -0.4 is 19.9 Å². The van der Waals surface area contributed by atoms with Gasteiger partial charge in [-0.2, -0.15) is 0 Å². The molecule has 0 saturated carbocycles. The maximum absolute atomic E-state index is 5.97. The van der Waals surface area contributed by atoms with Gasteiger partial charge in [0.1, 0.15) is 22.7 Å². The maximum Gasteiger partial charge on any atom is 0.120 e. The molecule has 0 radical (unpaired) electrons. The van der Waals surface area contributed by atoms with E-state index in [1.807, 2.05) is 96.1 Å². The molecule has 0 spiro atoms. The van der Waals surface area contributed by atoms with E-state index in [0.29, 0.717) is 0 Å². The lowest BCUT2D eigenvalue weighted by Gasteiger charge is -2.28. The summed E-state index contributed by atoms with van der Waals surface area (Å²) < 4.78 is 11.9. The summed E-state index contributed by atoms with van der Waals surface area (Å²) in [5, 5.41) is 2.05. The van der Waals surface area contributed by atoms with E-state index in [2.05, 4.69) is 34.7 Å². The van der Waals surface area contributed by atoms with Gasteiger partial charge in [-0.3, -0.25) is 10.4 Å². The Morgan fingerprint density at radius 3 is 1.33 bits per heavy atom. The predicted molar refractivity (Wildman–Crippen MR) is 126 cm³/mol. The Labute approximate surface area is 180 Å². The van der Waals surface area contributed by atoms with Crippen LogP contribution >= 0.6 is 0 Å². The van der Waals surface area contributed by atoms with Gasteiger partial charge in [-0.05, 0) is 102 Å². The van der Waals surface area contributed by atoms with E-state index in [4.69, 9.17) is 9.47 Å². The smallest absolute Gasteiger partial charge is 0.120 e. The van der Waals surface area contributed by atoms with Crippen LogP contribution in [0.15, 0.2) is 78.9 Å². The van der Waals surface area contributed by atoms with Gasteiger partial charge in [-0.15, -0.1) is 0 Å². The molecule has 0 aromatic heterocycles. The summed E-state index contributed by atoms with van der Waals surface area (Å²) in [6.07, 6.45) is 0. The second-order valence-corrected chi connectivity index (χ2v) is 9.23. The SMILES string of the molecule is CC(C)(C)Oc1ccc(N(Nc2ccccc2)c2ccc(OC(C)(C)C)cc2)cc1. The number of hydrogen-bond donors (Lipinski definition) is 1. The molecule has 4 heteroatoms. The van der Waals surface area contributed by atoms with Crippen LogP contribution in [0.3, 0.4) is 0 Å². The van der Waals surface area contributed by atoms with Crippen LogP contribution in [0, 0.1) is 0 Å². The molecule has 0 heterocycles. The summed E-state index contributed by atoms with van der Waals surface area (Å²) >= 11 is 0. The molecule has 3 aromatic carbocycles. The third-order valence-corrected chi connectivity index (χ3v) is 4.05. The minimum absolute atomic E-state index is 0.230. The zero-order valence-corrected chi connectivity index (χ0v) is 18.8. The van der Waals surface area contributed by atoms with Crippen molar-refractivity contribution >= 4 is 17.1 Å². The summed E-state index contributed by atoms with van der Waals surface area (Å²) in [4.78, 5) is 0. The largest absolute Gasteiger partial charge is 0.488 e. The molecule has 0 atom stereocenters. The number of ether oxygens (including phenoxy) is 2. The normalized spacial score (nSPS) is 11.7. The Kier molecular flexibility index (Phi) is 6.25. The highest BCUT2D eigenvalue weighted by molar-refractivity contribution is 5.69. The van der Waals surface area contributed by atoms with Crippen LogP contribution in [0.25, 0.3) is 0 Å². The van der Waals surface area contributed by atoms with Crippen molar-refractivity contribution in [2.45, 2.75) is 52.7 Å². The molecule has 1 N–H and O–H groups in total. The molecule has 30 heavy (non-hydrogen) atoms. The Hall–Kier alpha value is -3.14. The Balaban J connectivity index is 1.89. The van der Waals surface area contributed by atoms with E-state index in [0.717, 1.165) is 28.6 Å². The molecule has 0 aliphatic heterocycles. The van der Waals surface area contributed by atoms with Gasteiger partial charge in [0.2, 0.25) is 0 Å². The molecule has 3 aromatic rings. The molecule has 0 saturated heterocycles. The number of anilines is 3. The number of hydrazine groups is 1. The van der Waals surface area contributed by atoms with Crippen LogP contribution in [0.5, 0.6) is 11.5 Å². The van der Waals surface area contributed by atoms with Gasteiger partial charge in [-0.1, -0.05) is 18.2 Å². The van der Waals surface area contributed by atoms with Crippen LogP contribution in [0.2, 0.25) is 0 Å². The molecule has 4 nitrogen and oxygen atoms in total. The van der Waals surface area contributed by atoms with E-state index in [9.17, 15) is 0 Å². The second-order valence-electron chi connectivity index (χ2n) is 9.23. The lowest BCUT2D eigenvalue weighted by Crippen LogP contribution is -2.25. The monoisotopic (exact) mass is 404 g/mol. The van der Waals surface area contributed by atoms with Crippen LogP contribution in [0.1, 0.15) is 41.5 Å². The van der Waals surface area contributed by atoms with Crippen molar-refractivity contribution in [1.29, 1.82) is 0 Å². The maximum atomic E-state index is 5.97. The number of nitrogens with zero attached hydrogens (tertiary/aromatic N) is 1. The number of para-hydroxylation sites is 1. The molecule has 0 aliphatic rings. The fourth-order valence-corrected chi connectivity index (χ4v) is 2.95. The van der Waals surface area contributed by atoms with Crippen molar-refractivity contribution < 1.29 is 9.47 Å². The van der Waals surface area contributed by atoms with Gasteiger partial charge in [0.05, 0.1) is 17.1 Å². The van der Waals surface area contributed by atoms with Gasteiger partial charge in [0, 0.05) is 0 Å². The molecule has 0 amide bonds. The van der Waals surface area contributed by atoms with Crippen LogP contribution in [-0.4, -0.2) is 11.2 Å². The highest BCUT2D eigenvalue weighted by atomic mass is 16.5. The first-order valence-electron chi connectivity index (χ1n) is 10.3. The first kappa shape index (κ1) is 21.6. The fraction of sp³-hybridized carbons (Fsp3) is 0.308. The number of hydrogen-bond acceptors (Lipinski definition) is 4. The predicted octanol–water partition coefficient (Wildman–Crippen LogP) is 7.21. The fourth-order valence-electron chi connectivity index (χ4n) is 2.95. The van der Waals surface area contributed by atoms with E-state index in [1.165, 1.54) is 0 Å². The molecular weight excluding hydrogens is 372 g/mol. The Bertz CT molecular complexity index is 863. The molecule has 3 rings (SSSR count). The summed E-state index contributed by atoms with van der Waals surface area (Å²) in [7, 11) is 0. The van der Waals surface area contributed by atoms with E-state index in [1.54, 1.807) is 0 Å². The zero-order valence-electron chi connectivity index (χ0n) is 18.8. The topological polar surface area (TPSA) is 33.7 Å². The zero-order chi connectivity index (χ0) is 21.8. The number of rotatable bonds is 6. The molecule has 0 aliphatic carbocycles. The molecular formula is C26H32N2O2. The molecule has 0 bridgehead atoms. The standard InChI is InChI=1S/C26H32N2O2/c1-25(2,3)29-23-16-12-21(13-17-23)28(27-20-10-8-7-9-11-20)22-14-18-24(19-15-22)30-26(4,5)6/h7-19,27H,1-6H3. The molecule has 158 valence electrons. The highest BCUT2D eigenvalue weighted by Gasteiger charge is 2.15. The summed E-state index contributed by atoms with van der Waals surface area (Å²) in [5.74, 6) is 1.69. The Morgan fingerprint density at radius 1 is 0.567 bits per heavy atom. The van der Waals surface area contributed by atoms with E-state index in [-0.39, 0.29) is 11.2 Å². The van der Waals surface area contributed by atoms with Crippen molar-refractivity contribution in [1.82, 2.24) is 0 Å². The van der Waals surface area contributed by atoms with Crippen molar-refractivity contribution in [3.8, 4) is 11.5 Å². The third kappa shape index (κ3) is 6.45. The van der Waals surface area contributed by atoms with Crippen LogP contribution in [-0.2, 0) is 0 Å². The van der Waals surface area contributed by atoms with Gasteiger partial charge in [-0.25, -0.2) is 0 Å². The van der Waals surface area contributed by atoms with Crippen molar-refractivity contribution in [3.63, 3.8) is 0 Å². The van der Waals surface area contributed by atoms with Gasteiger partial charge in [0.15, 0.2) is 0 Å². The first-order chi connectivity index (χ1) is 14.1. The average molecular weight is 405 g/mol. The Morgan fingerprint density at radius 2 is 0.967 bits per heavy atom. The van der Waals surface area contributed by atoms with Gasteiger partial charge >= 0.3 is 0 Å². The minimum atomic E-state index is -0.230. The number of benzene rings is 3. The van der Waals surface area contributed by atoms with E-state index < -0.39 is 0 Å².